The molecule has 1 aromatic heterocycles. The van der Waals surface area contributed by atoms with Crippen LogP contribution in [0.4, 0.5) is 0 Å². The molecular formula is C15H28N6O. The number of hydrogen-bond donors (Lipinski definition) is 1. The number of carbonyl (C=O) groups excluding carboxylic acids is 1. The molecule has 2 heterocycles. The molecule has 7 nitrogen and oxygen atoms in total. The Morgan fingerprint density at radius 2 is 2.18 bits per heavy atom. The number of rotatable bonds is 7. The SMILES string of the molecule is CCCn1cnnc1CNC(=O)CN(C)C1CCN(C)CC1. The molecule has 0 atom stereocenters. The molecule has 1 fully saturated rings. The zero-order valence-electron chi connectivity index (χ0n) is 14.0. The molecule has 0 bridgehead atoms. The minimum absolute atomic E-state index is 0.0486. The van der Waals surface area contributed by atoms with Crippen LogP contribution in [-0.4, -0.2) is 70.2 Å². The Labute approximate surface area is 132 Å². The molecular weight excluding hydrogens is 280 g/mol. The van der Waals surface area contributed by atoms with Crippen molar-refractivity contribution in [3.63, 3.8) is 0 Å². The lowest BCUT2D eigenvalue weighted by Crippen LogP contribution is -2.45. The van der Waals surface area contributed by atoms with Crippen molar-refractivity contribution in [3.05, 3.63) is 12.2 Å². The second-order valence-corrected chi connectivity index (χ2v) is 6.17. The summed E-state index contributed by atoms with van der Waals surface area (Å²) in [6.07, 6.45) is 5.00. The van der Waals surface area contributed by atoms with Gasteiger partial charge in [0.1, 0.15) is 6.33 Å². The van der Waals surface area contributed by atoms with Gasteiger partial charge in [0.25, 0.3) is 0 Å². The van der Waals surface area contributed by atoms with E-state index in [-0.39, 0.29) is 5.91 Å². The van der Waals surface area contributed by atoms with E-state index >= 15 is 0 Å². The fraction of sp³-hybridized carbons (Fsp3) is 0.800. The number of aromatic nitrogens is 3. The van der Waals surface area contributed by atoms with Crippen LogP contribution >= 0.6 is 0 Å². The minimum atomic E-state index is 0.0486. The number of likely N-dealkylation sites (tertiary alicyclic amines) is 1. The molecule has 0 saturated carbocycles. The summed E-state index contributed by atoms with van der Waals surface area (Å²) in [6.45, 7) is 6.09. The van der Waals surface area contributed by atoms with Crippen molar-refractivity contribution in [1.82, 2.24) is 29.9 Å². The summed E-state index contributed by atoms with van der Waals surface area (Å²) in [4.78, 5) is 16.6. The zero-order valence-corrected chi connectivity index (χ0v) is 14.0. The van der Waals surface area contributed by atoms with Crippen molar-refractivity contribution in [3.8, 4) is 0 Å². The first-order valence-corrected chi connectivity index (χ1v) is 8.12. The number of piperidine rings is 1. The molecule has 0 aliphatic carbocycles. The second kappa shape index (κ2) is 8.24. The maximum absolute atomic E-state index is 12.1. The van der Waals surface area contributed by atoms with Gasteiger partial charge in [-0.15, -0.1) is 10.2 Å². The van der Waals surface area contributed by atoms with Gasteiger partial charge in [-0.3, -0.25) is 9.69 Å². The zero-order chi connectivity index (χ0) is 15.9. The number of aryl methyl sites for hydroxylation is 1. The van der Waals surface area contributed by atoms with E-state index in [9.17, 15) is 4.79 Å². The van der Waals surface area contributed by atoms with Crippen LogP contribution in [0.1, 0.15) is 32.0 Å². The average Bonchev–Trinajstić information content (AvgIpc) is 2.93. The number of hydrogen-bond acceptors (Lipinski definition) is 5. The Kier molecular flexibility index (Phi) is 6.33. The molecule has 124 valence electrons. The fourth-order valence-electron chi connectivity index (χ4n) is 2.87. The molecule has 0 radical (unpaired) electrons. The minimum Gasteiger partial charge on any atom is -0.348 e. The highest BCUT2D eigenvalue weighted by Crippen LogP contribution is 2.13. The lowest BCUT2D eigenvalue weighted by atomic mass is 10.0. The molecule has 1 aliphatic heterocycles. The van der Waals surface area contributed by atoms with Crippen LogP contribution < -0.4 is 5.32 Å². The summed E-state index contributed by atoms with van der Waals surface area (Å²) in [6, 6.07) is 0.505. The van der Waals surface area contributed by atoms with Crippen molar-refractivity contribution in [1.29, 1.82) is 0 Å². The smallest absolute Gasteiger partial charge is 0.234 e. The second-order valence-electron chi connectivity index (χ2n) is 6.17. The van der Waals surface area contributed by atoms with E-state index in [2.05, 4.69) is 39.3 Å². The standard InChI is InChI=1S/C15H28N6O/c1-4-7-21-12-17-18-14(21)10-16-15(22)11-20(3)13-5-8-19(2)9-6-13/h12-13H,4-11H2,1-3H3,(H,16,22). The Morgan fingerprint density at radius 1 is 1.45 bits per heavy atom. The molecule has 0 unspecified atom stereocenters. The largest absolute Gasteiger partial charge is 0.348 e. The number of carbonyl (C=O) groups is 1. The number of amides is 1. The van der Waals surface area contributed by atoms with Crippen LogP contribution in [0, 0.1) is 0 Å². The Balaban J connectivity index is 1.74. The average molecular weight is 308 g/mol. The number of nitrogens with zero attached hydrogens (tertiary/aromatic N) is 5. The summed E-state index contributed by atoms with van der Waals surface area (Å²) < 4.78 is 1.99. The lowest BCUT2D eigenvalue weighted by Gasteiger charge is -2.34. The van der Waals surface area contributed by atoms with Crippen LogP contribution in [0.2, 0.25) is 0 Å². The van der Waals surface area contributed by atoms with Gasteiger partial charge in [-0.1, -0.05) is 6.92 Å². The van der Waals surface area contributed by atoms with E-state index < -0.39 is 0 Å². The highest BCUT2D eigenvalue weighted by Gasteiger charge is 2.21. The van der Waals surface area contributed by atoms with Gasteiger partial charge < -0.3 is 14.8 Å². The Hall–Kier alpha value is -1.47. The normalized spacial score (nSPS) is 17.1. The van der Waals surface area contributed by atoms with Crippen molar-refractivity contribution in [2.45, 2.75) is 45.3 Å². The Bertz CT molecular complexity index is 466. The van der Waals surface area contributed by atoms with E-state index in [0.717, 1.165) is 44.7 Å². The van der Waals surface area contributed by atoms with E-state index in [1.807, 2.05) is 11.6 Å². The summed E-state index contributed by atoms with van der Waals surface area (Å²) in [7, 11) is 4.19. The summed E-state index contributed by atoms with van der Waals surface area (Å²) in [5, 5.41) is 10.9. The van der Waals surface area contributed by atoms with E-state index in [1.165, 1.54) is 0 Å². The monoisotopic (exact) mass is 308 g/mol. The van der Waals surface area contributed by atoms with Crippen molar-refractivity contribution in [2.24, 2.45) is 0 Å². The van der Waals surface area contributed by atoms with Gasteiger partial charge in [0, 0.05) is 12.6 Å². The van der Waals surface area contributed by atoms with Gasteiger partial charge in [0.2, 0.25) is 5.91 Å². The van der Waals surface area contributed by atoms with E-state index in [4.69, 9.17) is 0 Å². The van der Waals surface area contributed by atoms with Crippen molar-refractivity contribution >= 4 is 5.91 Å². The molecule has 1 N–H and O–H groups in total. The molecule has 1 saturated heterocycles. The van der Waals surface area contributed by atoms with Crippen LogP contribution in [-0.2, 0) is 17.9 Å². The molecule has 22 heavy (non-hydrogen) atoms. The highest BCUT2D eigenvalue weighted by atomic mass is 16.2. The topological polar surface area (TPSA) is 66.3 Å². The van der Waals surface area contributed by atoms with Gasteiger partial charge in [0.05, 0.1) is 13.1 Å². The molecule has 0 spiro atoms. The summed E-state index contributed by atoms with van der Waals surface area (Å²) in [5.74, 6) is 0.865. The number of nitrogens with one attached hydrogen (secondary N) is 1. The molecule has 1 amide bonds. The lowest BCUT2D eigenvalue weighted by molar-refractivity contribution is -0.122. The first-order chi connectivity index (χ1) is 10.6. The Morgan fingerprint density at radius 3 is 2.86 bits per heavy atom. The third-order valence-corrected chi connectivity index (χ3v) is 4.31. The number of likely N-dealkylation sites (N-methyl/N-ethyl adjacent to an activating group) is 1. The maximum atomic E-state index is 12.1. The molecule has 2 rings (SSSR count). The van der Waals surface area contributed by atoms with Crippen LogP contribution in [0.15, 0.2) is 6.33 Å². The predicted octanol–water partition coefficient (Wildman–Crippen LogP) is 0.330. The van der Waals surface area contributed by atoms with Crippen LogP contribution in [0.3, 0.4) is 0 Å². The van der Waals surface area contributed by atoms with Crippen molar-refractivity contribution in [2.75, 3.05) is 33.7 Å². The third-order valence-electron chi connectivity index (χ3n) is 4.31. The van der Waals surface area contributed by atoms with Gasteiger partial charge in [-0.05, 0) is 46.4 Å². The summed E-state index contributed by atoms with van der Waals surface area (Å²) in [5.41, 5.74) is 0. The molecule has 1 aromatic rings. The maximum Gasteiger partial charge on any atom is 0.234 e. The fourth-order valence-corrected chi connectivity index (χ4v) is 2.87. The van der Waals surface area contributed by atoms with Crippen LogP contribution in [0.25, 0.3) is 0 Å². The van der Waals surface area contributed by atoms with Gasteiger partial charge >= 0.3 is 0 Å². The van der Waals surface area contributed by atoms with E-state index in [0.29, 0.717) is 19.1 Å². The van der Waals surface area contributed by atoms with Crippen molar-refractivity contribution < 1.29 is 4.79 Å². The third kappa shape index (κ3) is 4.78. The van der Waals surface area contributed by atoms with Gasteiger partial charge in [-0.25, -0.2) is 0 Å². The molecule has 7 heteroatoms. The first kappa shape index (κ1) is 16.9. The highest BCUT2D eigenvalue weighted by molar-refractivity contribution is 5.77. The predicted molar refractivity (Wildman–Crippen MR) is 85.3 cm³/mol. The first-order valence-electron chi connectivity index (χ1n) is 8.12. The van der Waals surface area contributed by atoms with Gasteiger partial charge in [0.15, 0.2) is 5.82 Å². The van der Waals surface area contributed by atoms with Gasteiger partial charge in [-0.2, -0.15) is 0 Å². The quantitative estimate of drug-likeness (QED) is 0.786. The molecule has 0 aromatic carbocycles. The van der Waals surface area contributed by atoms with E-state index in [1.54, 1.807) is 6.33 Å². The van der Waals surface area contributed by atoms with Crippen LogP contribution in [0.5, 0.6) is 0 Å². The summed E-state index contributed by atoms with van der Waals surface area (Å²) >= 11 is 0. The molecule has 1 aliphatic rings.